The molecule has 0 saturated carbocycles. The molecule has 0 bridgehead atoms. The number of carbonyl (C=O) groups excluding carboxylic acids is 1. The predicted octanol–water partition coefficient (Wildman–Crippen LogP) is 3.32. The number of unbranched alkanes of at least 4 members (excludes halogenated alkanes) is 1. The molecule has 0 amide bonds. The van der Waals surface area contributed by atoms with E-state index in [0.29, 0.717) is 12.2 Å². The van der Waals surface area contributed by atoms with Crippen molar-refractivity contribution in [3.05, 3.63) is 41.5 Å². The van der Waals surface area contributed by atoms with E-state index in [1.807, 2.05) is 6.92 Å². The molecule has 0 unspecified atom stereocenters. The van der Waals surface area contributed by atoms with Crippen LogP contribution in [0.25, 0.3) is 6.08 Å². The number of rotatable bonds is 5. The molecule has 0 N–H and O–H groups in total. The lowest BCUT2D eigenvalue weighted by atomic mass is 10.2. The highest BCUT2D eigenvalue weighted by Crippen LogP contribution is 2.10. The van der Waals surface area contributed by atoms with Gasteiger partial charge in [0.15, 0.2) is 11.6 Å². The summed E-state index contributed by atoms with van der Waals surface area (Å²) < 4.78 is 30.3. The van der Waals surface area contributed by atoms with Crippen LogP contribution >= 0.6 is 0 Å². The van der Waals surface area contributed by atoms with Crippen molar-refractivity contribution in [3.8, 4) is 0 Å². The van der Waals surface area contributed by atoms with Crippen LogP contribution in [0, 0.1) is 11.6 Å². The lowest BCUT2D eigenvalue weighted by Crippen LogP contribution is -2.01. The molecule has 0 aliphatic rings. The van der Waals surface area contributed by atoms with Crippen LogP contribution in [0.15, 0.2) is 24.3 Å². The highest BCUT2D eigenvalue weighted by molar-refractivity contribution is 5.87. The Morgan fingerprint density at radius 1 is 1.35 bits per heavy atom. The van der Waals surface area contributed by atoms with Gasteiger partial charge in [0.25, 0.3) is 0 Å². The fourth-order valence-electron chi connectivity index (χ4n) is 1.15. The molecule has 0 aromatic heterocycles. The largest absolute Gasteiger partial charge is 0.463 e. The topological polar surface area (TPSA) is 26.3 Å². The number of hydrogen-bond donors (Lipinski definition) is 0. The summed E-state index contributed by atoms with van der Waals surface area (Å²) in [5, 5.41) is 0. The third-order valence-electron chi connectivity index (χ3n) is 2.10. The van der Waals surface area contributed by atoms with Crippen LogP contribution in [0.3, 0.4) is 0 Å². The normalized spacial score (nSPS) is 10.8. The number of halogens is 2. The first-order chi connectivity index (χ1) is 8.13. The van der Waals surface area contributed by atoms with Gasteiger partial charge in [0.1, 0.15) is 0 Å². The third-order valence-corrected chi connectivity index (χ3v) is 2.10. The van der Waals surface area contributed by atoms with Crippen LogP contribution in [0.5, 0.6) is 0 Å². The van der Waals surface area contributed by atoms with Crippen LogP contribution in [-0.4, -0.2) is 12.6 Å². The molecule has 92 valence electrons. The predicted molar refractivity (Wildman–Crippen MR) is 61.3 cm³/mol. The molecule has 4 heteroatoms. The van der Waals surface area contributed by atoms with Gasteiger partial charge in [-0.2, -0.15) is 0 Å². The van der Waals surface area contributed by atoms with E-state index in [-0.39, 0.29) is 0 Å². The minimum absolute atomic E-state index is 0.372. The molecule has 1 aromatic rings. The Kier molecular flexibility index (Phi) is 5.33. The first-order valence-corrected chi connectivity index (χ1v) is 5.43. The Morgan fingerprint density at radius 2 is 2.12 bits per heavy atom. The Labute approximate surface area is 98.9 Å². The Hall–Kier alpha value is -1.71. The summed E-state index contributed by atoms with van der Waals surface area (Å²) in [6, 6.07) is 3.41. The summed E-state index contributed by atoms with van der Waals surface area (Å²) in [6.45, 7) is 2.36. The van der Waals surface area contributed by atoms with Crippen molar-refractivity contribution in [2.75, 3.05) is 6.61 Å². The highest BCUT2D eigenvalue weighted by Gasteiger charge is 2.01. The van der Waals surface area contributed by atoms with Crippen molar-refractivity contribution in [1.82, 2.24) is 0 Å². The molecule has 17 heavy (non-hydrogen) atoms. The summed E-state index contributed by atoms with van der Waals surface area (Å²) in [4.78, 5) is 11.2. The van der Waals surface area contributed by atoms with Crippen molar-refractivity contribution >= 4 is 12.0 Å². The van der Waals surface area contributed by atoms with E-state index in [1.54, 1.807) is 0 Å². The summed E-state index contributed by atoms with van der Waals surface area (Å²) in [7, 11) is 0. The second-order valence-corrected chi connectivity index (χ2v) is 3.53. The fraction of sp³-hybridized carbons (Fsp3) is 0.308. The average molecular weight is 240 g/mol. The van der Waals surface area contributed by atoms with Crippen LogP contribution in [0.4, 0.5) is 8.78 Å². The molecule has 0 spiro atoms. The second kappa shape index (κ2) is 6.78. The molecule has 0 saturated heterocycles. The molecule has 0 heterocycles. The molecule has 1 rings (SSSR count). The van der Waals surface area contributed by atoms with Gasteiger partial charge in [0, 0.05) is 6.08 Å². The van der Waals surface area contributed by atoms with Gasteiger partial charge in [-0.1, -0.05) is 19.4 Å². The maximum Gasteiger partial charge on any atom is 0.330 e. The van der Waals surface area contributed by atoms with E-state index >= 15 is 0 Å². The fourth-order valence-corrected chi connectivity index (χ4v) is 1.15. The molecule has 0 aliphatic heterocycles. The standard InChI is InChI=1S/C13H14F2O2/c1-2-3-8-17-13(16)7-5-10-4-6-11(14)12(15)9-10/h4-7,9H,2-3,8H2,1H3/b7-5+. The number of carbonyl (C=O) groups is 1. The summed E-state index contributed by atoms with van der Waals surface area (Å²) in [5.74, 6) is -2.33. The SMILES string of the molecule is CCCCOC(=O)/C=C/c1ccc(F)c(F)c1. The zero-order chi connectivity index (χ0) is 12.7. The van der Waals surface area contributed by atoms with Gasteiger partial charge in [-0.05, 0) is 30.2 Å². The summed E-state index contributed by atoms with van der Waals surface area (Å²) in [6.07, 6.45) is 4.34. The lowest BCUT2D eigenvalue weighted by Gasteiger charge is -1.99. The average Bonchev–Trinajstić information content (AvgIpc) is 2.31. The van der Waals surface area contributed by atoms with Crippen LogP contribution < -0.4 is 0 Å². The minimum atomic E-state index is -0.938. The highest BCUT2D eigenvalue weighted by atomic mass is 19.2. The van der Waals surface area contributed by atoms with Crippen molar-refractivity contribution < 1.29 is 18.3 Å². The van der Waals surface area contributed by atoms with Crippen LogP contribution in [-0.2, 0) is 9.53 Å². The van der Waals surface area contributed by atoms with Gasteiger partial charge in [-0.15, -0.1) is 0 Å². The monoisotopic (exact) mass is 240 g/mol. The van der Waals surface area contributed by atoms with Crippen LogP contribution in [0.1, 0.15) is 25.3 Å². The molecule has 0 aliphatic carbocycles. The zero-order valence-electron chi connectivity index (χ0n) is 9.58. The van der Waals surface area contributed by atoms with Crippen molar-refractivity contribution in [1.29, 1.82) is 0 Å². The maximum absolute atomic E-state index is 12.8. The van der Waals surface area contributed by atoms with E-state index < -0.39 is 17.6 Å². The molecule has 0 radical (unpaired) electrons. The molecule has 0 atom stereocenters. The summed E-state index contributed by atoms with van der Waals surface area (Å²) >= 11 is 0. The summed E-state index contributed by atoms with van der Waals surface area (Å²) in [5.41, 5.74) is 0.413. The smallest absolute Gasteiger partial charge is 0.330 e. The minimum Gasteiger partial charge on any atom is -0.463 e. The molecular weight excluding hydrogens is 226 g/mol. The third kappa shape index (κ3) is 4.76. The Balaban J connectivity index is 2.52. The van der Waals surface area contributed by atoms with Crippen molar-refractivity contribution in [2.45, 2.75) is 19.8 Å². The first-order valence-electron chi connectivity index (χ1n) is 5.43. The molecular formula is C13H14F2O2. The quantitative estimate of drug-likeness (QED) is 0.448. The van der Waals surface area contributed by atoms with Crippen LogP contribution in [0.2, 0.25) is 0 Å². The van der Waals surface area contributed by atoms with E-state index in [2.05, 4.69) is 0 Å². The number of esters is 1. The van der Waals surface area contributed by atoms with Gasteiger partial charge in [-0.3, -0.25) is 0 Å². The number of ether oxygens (including phenoxy) is 1. The zero-order valence-corrected chi connectivity index (χ0v) is 9.58. The van der Waals surface area contributed by atoms with E-state index in [9.17, 15) is 13.6 Å². The molecule has 0 fully saturated rings. The van der Waals surface area contributed by atoms with E-state index in [0.717, 1.165) is 25.0 Å². The number of hydrogen-bond acceptors (Lipinski definition) is 2. The Bertz CT molecular complexity index is 414. The lowest BCUT2D eigenvalue weighted by molar-refractivity contribution is -0.137. The first kappa shape index (κ1) is 13.4. The number of benzene rings is 1. The van der Waals surface area contributed by atoms with Gasteiger partial charge in [-0.25, -0.2) is 13.6 Å². The molecule has 1 aromatic carbocycles. The van der Waals surface area contributed by atoms with Gasteiger partial charge in [0.2, 0.25) is 0 Å². The van der Waals surface area contributed by atoms with Crippen molar-refractivity contribution in [2.24, 2.45) is 0 Å². The van der Waals surface area contributed by atoms with Crippen molar-refractivity contribution in [3.63, 3.8) is 0 Å². The van der Waals surface area contributed by atoms with Gasteiger partial charge >= 0.3 is 5.97 Å². The van der Waals surface area contributed by atoms with Gasteiger partial charge in [0.05, 0.1) is 6.61 Å². The molecule has 2 nitrogen and oxygen atoms in total. The Morgan fingerprint density at radius 3 is 2.76 bits per heavy atom. The van der Waals surface area contributed by atoms with E-state index in [1.165, 1.54) is 18.2 Å². The van der Waals surface area contributed by atoms with E-state index in [4.69, 9.17) is 4.74 Å². The van der Waals surface area contributed by atoms with Gasteiger partial charge < -0.3 is 4.74 Å². The maximum atomic E-state index is 12.8. The second-order valence-electron chi connectivity index (χ2n) is 3.53.